The number of benzene rings is 1. The maximum absolute atomic E-state index is 11.9. The maximum Gasteiger partial charge on any atom is 0.235 e. The van der Waals surface area contributed by atoms with Crippen molar-refractivity contribution in [2.45, 2.75) is 0 Å². The van der Waals surface area contributed by atoms with Gasteiger partial charge in [0.25, 0.3) is 0 Å². The number of halogens is 3. The van der Waals surface area contributed by atoms with E-state index in [0.29, 0.717) is 42.0 Å². The number of pyridine rings is 1. The molecular formula is C17H17Cl2IN4O2S. The van der Waals surface area contributed by atoms with Gasteiger partial charge in [-0.3, -0.25) is 0 Å². The molecule has 6 nitrogen and oxygen atoms in total. The van der Waals surface area contributed by atoms with Crippen LogP contribution in [0.3, 0.4) is 0 Å². The predicted molar refractivity (Wildman–Crippen MR) is 120 cm³/mol. The Bertz CT molecular complexity index is 963. The van der Waals surface area contributed by atoms with E-state index in [0.717, 1.165) is 20.5 Å². The lowest BCUT2D eigenvalue weighted by Gasteiger charge is -2.34. The summed E-state index contributed by atoms with van der Waals surface area (Å²) in [6.45, 7) is 5.30. The number of nitrogens with one attached hydrogen (secondary N) is 1. The Hall–Kier alpha value is -1.07. The largest absolute Gasteiger partial charge is 0.354 e. The van der Waals surface area contributed by atoms with E-state index in [1.165, 1.54) is 4.31 Å². The molecule has 27 heavy (non-hydrogen) atoms. The summed E-state index contributed by atoms with van der Waals surface area (Å²) >= 11 is 14.3. The van der Waals surface area contributed by atoms with Gasteiger partial charge in [-0.2, -0.15) is 4.31 Å². The van der Waals surface area contributed by atoms with Crippen molar-refractivity contribution in [3.8, 4) is 0 Å². The molecule has 1 saturated heterocycles. The highest BCUT2D eigenvalue weighted by atomic mass is 127. The summed E-state index contributed by atoms with van der Waals surface area (Å²) in [7, 11) is -3.37. The Kier molecular flexibility index (Phi) is 6.52. The summed E-state index contributed by atoms with van der Waals surface area (Å²) < 4.78 is 26.1. The van der Waals surface area contributed by atoms with Gasteiger partial charge < -0.3 is 10.2 Å². The molecule has 1 aliphatic rings. The Balaban J connectivity index is 1.73. The first-order chi connectivity index (χ1) is 12.8. The van der Waals surface area contributed by atoms with Gasteiger partial charge in [-0.05, 0) is 46.9 Å². The first-order valence-corrected chi connectivity index (χ1v) is 11.4. The molecule has 0 aliphatic carbocycles. The summed E-state index contributed by atoms with van der Waals surface area (Å²) in [5.74, 6) is 1.45. The van der Waals surface area contributed by atoms with Gasteiger partial charge in [0.15, 0.2) is 0 Å². The lowest BCUT2D eigenvalue weighted by atomic mass is 10.3. The Morgan fingerprint density at radius 3 is 2.48 bits per heavy atom. The molecular weight excluding hydrogens is 522 g/mol. The number of hydrogen-bond acceptors (Lipinski definition) is 5. The van der Waals surface area contributed by atoms with E-state index in [9.17, 15) is 8.42 Å². The molecule has 1 aromatic heterocycles. The summed E-state index contributed by atoms with van der Waals surface area (Å²) in [5.41, 5.74) is 0.816. The van der Waals surface area contributed by atoms with Gasteiger partial charge in [0, 0.05) is 35.2 Å². The minimum absolute atomic E-state index is 0.401. The van der Waals surface area contributed by atoms with E-state index in [2.05, 4.69) is 44.4 Å². The number of anilines is 3. The molecule has 0 amide bonds. The topological polar surface area (TPSA) is 65.5 Å². The van der Waals surface area contributed by atoms with Gasteiger partial charge in [-0.25, -0.2) is 13.4 Å². The van der Waals surface area contributed by atoms with E-state index < -0.39 is 10.0 Å². The second-order valence-corrected chi connectivity index (χ2v) is 9.71. The zero-order valence-electron chi connectivity index (χ0n) is 14.2. The molecule has 2 aromatic rings. The van der Waals surface area contributed by atoms with E-state index in [1.807, 2.05) is 18.2 Å². The van der Waals surface area contributed by atoms with Gasteiger partial charge in [0.2, 0.25) is 10.0 Å². The van der Waals surface area contributed by atoms with Gasteiger partial charge in [-0.15, -0.1) is 0 Å². The minimum Gasteiger partial charge on any atom is -0.354 e. The third-order valence-corrected chi connectivity index (χ3v) is 7.26. The van der Waals surface area contributed by atoms with Crippen molar-refractivity contribution in [3.63, 3.8) is 0 Å². The van der Waals surface area contributed by atoms with Crippen LogP contribution in [-0.4, -0.2) is 43.9 Å². The fraction of sp³-hybridized carbons (Fsp3) is 0.235. The maximum atomic E-state index is 11.9. The molecule has 0 saturated carbocycles. The second-order valence-electron chi connectivity index (χ2n) is 5.85. The number of aromatic nitrogens is 1. The lowest BCUT2D eigenvalue weighted by molar-refractivity contribution is 0.389. The van der Waals surface area contributed by atoms with Crippen LogP contribution in [0.15, 0.2) is 42.3 Å². The Morgan fingerprint density at radius 1 is 1.15 bits per heavy atom. The molecule has 3 rings (SSSR count). The van der Waals surface area contributed by atoms with Crippen LogP contribution >= 0.6 is 45.8 Å². The lowest BCUT2D eigenvalue weighted by Crippen LogP contribution is -2.48. The molecule has 0 unspecified atom stereocenters. The van der Waals surface area contributed by atoms with Gasteiger partial charge >= 0.3 is 0 Å². The SMILES string of the molecule is C=CS(=O)(=O)N1CCN(c2cccc(Nc3cc(Cl)c(Cl)cc3I)n2)CC1. The molecule has 1 aromatic carbocycles. The van der Waals surface area contributed by atoms with E-state index in [1.54, 1.807) is 12.1 Å². The average molecular weight is 539 g/mol. The van der Waals surface area contributed by atoms with Crippen LogP contribution in [0.2, 0.25) is 10.0 Å². The standard InChI is InChI=1S/C17H17Cl2IN4O2S/c1-2-27(25,26)24-8-6-23(7-9-24)17-5-3-4-16(22-17)21-15-11-13(19)12(18)10-14(15)20/h2-5,10-11H,1,6-9H2,(H,21,22). The average Bonchev–Trinajstić information content (AvgIpc) is 2.66. The highest BCUT2D eigenvalue weighted by Crippen LogP contribution is 2.31. The third kappa shape index (κ3) is 4.86. The van der Waals surface area contributed by atoms with E-state index in [-0.39, 0.29) is 0 Å². The van der Waals surface area contributed by atoms with Crippen molar-refractivity contribution in [3.05, 3.63) is 55.9 Å². The van der Waals surface area contributed by atoms with E-state index in [4.69, 9.17) is 23.2 Å². The number of hydrogen-bond donors (Lipinski definition) is 1. The predicted octanol–water partition coefficient (Wildman–Crippen LogP) is 4.33. The minimum atomic E-state index is -3.37. The van der Waals surface area contributed by atoms with Crippen molar-refractivity contribution < 1.29 is 8.42 Å². The highest BCUT2D eigenvalue weighted by Gasteiger charge is 2.25. The van der Waals surface area contributed by atoms with Gasteiger partial charge in [0.05, 0.1) is 15.7 Å². The van der Waals surface area contributed by atoms with Crippen LogP contribution in [0.4, 0.5) is 17.3 Å². The van der Waals surface area contributed by atoms with Crippen LogP contribution in [0, 0.1) is 3.57 Å². The zero-order chi connectivity index (χ0) is 19.6. The van der Waals surface area contributed by atoms with Crippen LogP contribution < -0.4 is 10.2 Å². The Morgan fingerprint density at radius 2 is 1.81 bits per heavy atom. The molecule has 0 radical (unpaired) electrons. The summed E-state index contributed by atoms with van der Waals surface area (Å²) in [6, 6.07) is 9.22. The monoisotopic (exact) mass is 538 g/mol. The molecule has 2 heterocycles. The number of sulfonamides is 1. The first kappa shape index (κ1) is 20.7. The van der Waals surface area contributed by atoms with Crippen molar-refractivity contribution in [1.82, 2.24) is 9.29 Å². The number of rotatable bonds is 5. The van der Waals surface area contributed by atoms with Crippen molar-refractivity contribution in [2.75, 3.05) is 36.4 Å². The number of nitrogens with zero attached hydrogens (tertiary/aromatic N) is 3. The van der Waals surface area contributed by atoms with Crippen LogP contribution in [0.1, 0.15) is 0 Å². The third-order valence-electron chi connectivity index (χ3n) is 4.14. The first-order valence-electron chi connectivity index (χ1n) is 8.06. The molecule has 1 aliphatic heterocycles. The van der Waals surface area contributed by atoms with Gasteiger partial charge in [0.1, 0.15) is 11.6 Å². The smallest absolute Gasteiger partial charge is 0.235 e. The van der Waals surface area contributed by atoms with Crippen LogP contribution in [-0.2, 0) is 10.0 Å². The van der Waals surface area contributed by atoms with Crippen LogP contribution in [0.5, 0.6) is 0 Å². The van der Waals surface area contributed by atoms with Crippen molar-refractivity contribution in [2.24, 2.45) is 0 Å². The fourth-order valence-electron chi connectivity index (χ4n) is 2.70. The molecule has 0 spiro atoms. The quantitative estimate of drug-likeness (QED) is 0.453. The fourth-order valence-corrected chi connectivity index (χ4v) is 4.70. The molecule has 1 fully saturated rings. The van der Waals surface area contributed by atoms with Crippen molar-refractivity contribution in [1.29, 1.82) is 0 Å². The normalized spacial score (nSPS) is 15.6. The van der Waals surface area contributed by atoms with Crippen LogP contribution in [0.25, 0.3) is 0 Å². The number of piperazine rings is 1. The molecule has 10 heteroatoms. The summed E-state index contributed by atoms with van der Waals surface area (Å²) in [5, 5.41) is 5.21. The summed E-state index contributed by atoms with van der Waals surface area (Å²) in [4.78, 5) is 6.70. The Labute approximate surface area is 182 Å². The highest BCUT2D eigenvalue weighted by molar-refractivity contribution is 14.1. The van der Waals surface area contributed by atoms with E-state index >= 15 is 0 Å². The molecule has 0 atom stereocenters. The summed E-state index contributed by atoms with van der Waals surface area (Å²) in [6.07, 6.45) is 0. The molecule has 0 bridgehead atoms. The van der Waals surface area contributed by atoms with Gasteiger partial charge in [-0.1, -0.05) is 35.8 Å². The van der Waals surface area contributed by atoms with Crippen molar-refractivity contribution >= 4 is 73.1 Å². The second kappa shape index (κ2) is 8.52. The zero-order valence-corrected chi connectivity index (χ0v) is 18.7. The molecule has 1 N–H and O–H groups in total. The molecule has 144 valence electrons.